The molecule has 0 spiro atoms. The van der Waals surface area contributed by atoms with E-state index in [1.54, 1.807) is 0 Å². The minimum atomic E-state index is 1.26. The first kappa shape index (κ1) is 15.7. The summed E-state index contributed by atoms with van der Waals surface area (Å²) >= 11 is 0. The first-order valence-electron chi connectivity index (χ1n) is 7.34. The van der Waals surface area contributed by atoms with E-state index in [1.807, 2.05) is 0 Å². The zero-order valence-electron chi connectivity index (χ0n) is 11.5. The molecule has 0 saturated heterocycles. The molecule has 0 unspecified atom stereocenters. The Morgan fingerprint density at radius 1 is 0.625 bits per heavy atom. The van der Waals surface area contributed by atoms with Crippen molar-refractivity contribution < 1.29 is 0 Å². The van der Waals surface area contributed by atoms with Gasteiger partial charge < -0.3 is 0 Å². The topological polar surface area (TPSA) is 0 Å². The normalized spacial score (nSPS) is 11.4. The Morgan fingerprint density at radius 3 is 1.81 bits per heavy atom. The van der Waals surface area contributed by atoms with E-state index < -0.39 is 0 Å². The fourth-order valence-corrected chi connectivity index (χ4v) is 1.89. The molecule has 95 valence electrons. The van der Waals surface area contributed by atoms with Crippen LogP contribution < -0.4 is 0 Å². The number of allylic oxidation sites excluding steroid dienone is 2. The quantitative estimate of drug-likeness (QED) is 0.278. The van der Waals surface area contributed by atoms with Gasteiger partial charge in [0, 0.05) is 0 Å². The van der Waals surface area contributed by atoms with Gasteiger partial charge in [0.05, 0.1) is 0 Å². The lowest BCUT2D eigenvalue weighted by atomic mass is 10.1. The molecule has 0 heteroatoms. The van der Waals surface area contributed by atoms with Crippen molar-refractivity contribution in [3.05, 3.63) is 18.6 Å². The first-order chi connectivity index (χ1) is 7.91. The Labute approximate surface area is 104 Å². The zero-order valence-corrected chi connectivity index (χ0v) is 11.5. The minimum absolute atomic E-state index is 1.26. The van der Waals surface area contributed by atoms with E-state index in [2.05, 4.69) is 32.4 Å². The Balaban J connectivity index is 2.97. The number of unbranched alkanes of at least 4 members (excludes halogenated alkanes) is 10. The molecule has 0 N–H and O–H groups in total. The third-order valence-electron chi connectivity index (χ3n) is 3.00. The third-order valence-corrected chi connectivity index (χ3v) is 3.00. The molecular weight excluding hydrogens is 192 g/mol. The van der Waals surface area contributed by atoms with Gasteiger partial charge in [0.25, 0.3) is 0 Å². The highest BCUT2D eigenvalue weighted by atomic mass is 14.0. The van der Waals surface area contributed by atoms with Gasteiger partial charge in [-0.3, -0.25) is 0 Å². The van der Waals surface area contributed by atoms with Gasteiger partial charge in [0.15, 0.2) is 0 Å². The number of hydrogen-bond acceptors (Lipinski definition) is 0. The van der Waals surface area contributed by atoms with E-state index in [4.69, 9.17) is 0 Å². The lowest BCUT2D eigenvalue weighted by molar-refractivity contribution is 0.592. The maximum absolute atomic E-state index is 2.38. The van der Waals surface area contributed by atoms with E-state index in [0.717, 1.165) is 0 Å². The van der Waals surface area contributed by atoms with Crippen LogP contribution in [0, 0.1) is 6.42 Å². The predicted molar refractivity (Wildman–Crippen MR) is 75.6 cm³/mol. The highest BCUT2D eigenvalue weighted by Gasteiger charge is 1.89. The molecule has 0 atom stereocenters. The number of hydrogen-bond donors (Lipinski definition) is 0. The molecule has 0 aliphatic heterocycles. The minimum Gasteiger partial charge on any atom is -0.0885 e. The smallest absolute Gasteiger partial charge is 0.0351 e. The maximum Gasteiger partial charge on any atom is -0.0351 e. The molecule has 0 amide bonds. The summed E-state index contributed by atoms with van der Waals surface area (Å²) < 4.78 is 0. The average Bonchev–Trinajstić information content (AvgIpc) is 2.31. The van der Waals surface area contributed by atoms with Crippen LogP contribution in [0.4, 0.5) is 0 Å². The van der Waals surface area contributed by atoms with Gasteiger partial charge in [-0.25, -0.2) is 0 Å². The van der Waals surface area contributed by atoms with E-state index in [0.29, 0.717) is 0 Å². The van der Waals surface area contributed by atoms with Crippen molar-refractivity contribution in [3.8, 4) is 0 Å². The summed E-state index contributed by atoms with van der Waals surface area (Å²) in [6, 6.07) is 0. The molecule has 0 fully saturated rings. The average molecular weight is 223 g/mol. The summed E-state index contributed by atoms with van der Waals surface area (Å²) in [7, 11) is 0. The van der Waals surface area contributed by atoms with Crippen LogP contribution in [0.25, 0.3) is 0 Å². The van der Waals surface area contributed by atoms with Crippen molar-refractivity contribution in [1.82, 2.24) is 0 Å². The van der Waals surface area contributed by atoms with Crippen LogP contribution in [-0.4, -0.2) is 0 Å². The Kier molecular flexibility index (Phi) is 14.5. The lowest BCUT2D eigenvalue weighted by Crippen LogP contribution is -1.79. The second-order valence-corrected chi connectivity index (χ2v) is 4.72. The molecule has 0 heterocycles. The van der Waals surface area contributed by atoms with Crippen molar-refractivity contribution in [2.75, 3.05) is 0 Å². The van der Waals surface area contributed by atoms with Gasteiger partial charge in [-0.1, -0.05) is 70.9 Å². The van der Waals surface area contributed by atoms with Gasteiger partial charge in [0.1, 0.15) is 0 Å². The first-order valence-corrected chi connectivity index (χ1v) is 7.34. The Bertz CT molecular complexity index is 135. The van der Waals surface area contributed by atoms with Gasteiger partial charge in [-0.05, 0) is 32.1 Å². The number of rotatable bonds is 12. The van der Waals surface area contributed by atoms with Crippen LogP contribution in [0.2, 0.25) is 0 Å². The van der Waals surface area contributed by atoms with Crippen LogP contribution in [-0.2, 0) is 0 Å². The summed E-state index contributed by atoms with van der Waals surface area (Å²) in [5.74, 6) is 0. The summed E-state index contributed by atoms with van der Waals surface area (Å²) in [6.07, 6.45) is 22.1. The van der Waals surface area contributed by atoms with E-state index in [1.165, 1.54) is 70.6 Å². The van der Waals surface area contributed by atoms with Gasteiger partial charge >= 0.3 is 0 Å². The standard InChI is InChI=1S/C16H31/c1-3-5-7-9-11-13-15-16-14-12-10-8-6-4-2/h3,11,13H,4-10,12,14-16H2,1-2H3. The van der Waals surface area contributed by atoms with E-state index in [-0.39, 0.29) is 0 Å². The van der Waals surface area contributed by atoms with E-state index >= 15 is 0 Å². The molecule has 0 bridgehead atoms. The van der Waals surface area contributed by atoms with Crippen molar-refractivity contribution >= 4 is 0 Å². The fraction of sp³-hybridized carbons (Fsp3) is 0.812. The van der Waals surface area contributed by atoms with Crippen LogP contribution in [0.15, 0.2) is 12.2 Å². The molecule has 0 aromatic rings. The highest BCUT2D eigenvalue weighted by molar-refractivity contribution is 4.81. The maximum atomic E-state index is 2.38. The predicted octanol–water partition coefficient (Wildman–Crippen LogP) is 6.08. The molecular formula is C16H31. The zero-order chi connectivity index (χ0) is 11.9. The van der Waals surface area contributed by atoms with Crippen molar-refractivity contribution in [1.29, 1.82) is 0 Å². The molecule has 0 aliphatic carbocycles. The largest absolute Gasteiger partial charge is 0.0885 e. The SMILES string of the molecule is C[CH]CCCC=CCCCCCCCCC. The Hall–Kier alpha value is -0.260. The summed E-state index contributed by atoms with van der Waals surface area (Å²) in [4.78, 5) is 0. The molecule has 0 aromatic carbocycles. The monoisotopic (exact) mass is 223 g/mol. The summed E-state index contributed by atoms with van der Waals surface area (Å²) in [6.45, 7) is 4.42. The van der Waals surface area contributed by atoms with Crippen LogP contribution in [0.1, 0.15) is 84.5 Å². The molecule has 1 radical (unpaired) electrons. The second kappa shape index (κ2) is 14.7. The molecule has 16 heavy (non-hydrogen) atoms. The molecule has 0 aliphatic rings. The van der Waals surface area contributed by atoms with Gasteiger partial charge in [-0.15, -0.1) is 0 Å². The van der Waals surface area contributed by atoms with Crippen molar-refractivity contribution in [2.45, 2.75) is 84.5 Å². The Morgan fingerprint density at radius 2 is 1.19 bits per heavy atom. The summed E-state index contributed by atoms with van der Waals surface area (Å²) in [5, 5.41) is 0. The molecule has 0 saturated carbocycles. The van der Waals surface area contributed by atoms with Crippen LogP contribution in [0.3, 0.4) is 0 Å². The second-order valence-electron chi connectivity index (χ2n) is 4.72. The molecule has 0 nitrogen and oxygen atoms in total. The molecule has 0 rings (SSSR count). The molecule has 0 aromatic heterocycles. The third kappa shape index (κ3) is 13.7. The highest BCUT2D eigenvalue weighted by Crippen LogP contribution is 2.09. The summed E-state index contributed by atoms with van der Waals surface area (Å²) in [5.41, 5.74) is 0. The lowest BCUT2D eigenvalue weighted by Gasteiger charge is -1.98. The van der Waals surface area contributed by atoms with Gasteiger partial charge in [-0.2, -0.15) is 0 Å². The van der Waals surface area contributed by atoms with Crippen LogP contribution >= 0.6 is 0 Å². The van der Waals surface area contributed by atoms with Crippen molar-refractivity contribution in [2.24, 2.45) is 0 Å². The van der Waals surface area contributed by atoms with Crippen LogP contribution in [0.5, 0.6) is 0 Å². The van der Waals surface area contributed by atoms with Gasteiger partial charge in [0.2, 0.25) is 0 Å². The van der Waals surface area contributed by atoms with Crippen molar-refractivity contribution in [3.63, 3.8) is 0 Å². The fourth-order valence-electron chi connectivity index (χ4n) is 1.89. The van der Waals surface area contributed by atoms with E-state index in [9.17, 15) is 0 Å².